The van der Waals surface area contributed by atoms with Crippen LogP contribution in [0.2, 0.25) is 0 Å². The Morgan fingerprint density at radius 2 is 2.05 bits per heavy atom. The molecular formula is C30H40N4O3. The number of rotatable bonds is 4. The molecule has 1 aromatic carbocycles. The average Bonchev–Trinajstić information content (AvgIpc) is 3.50. The lowest BCUT2D eigenvalue weighted by Gasteiger charge is -2.43. The molecule has 0 N–H and O–H groups in total. The number of carbonyl (C=O) groups is 1. The van der Waals surface area contributed by atoms with E-state index in [0.29, 0.717) is 12.5 Å². The van der Waals surface area contributed by atoms with Crippen LogP contribution in [0.25, 0.3) is 0 Å². The SMILES string of the molecule is CN(C[C@H]1Cc2c(cccc2N2C[C@@H]3CO[C@H]2C3)CN1C(=O)OC(C)(C)C)[C@H]1CCCc2cccnc21. The molecule has 1 amide bonds. The van der Waals surface area contributed by atoms with Crippen molar-refractivity contribution >= 4 is 11.8 Å². The third-order valence-corrected chi connectivity index (χ3v) is 8.46. The molecule has 2 saturated heterocycles. The lowest BCUT2D eigenvalue weighted by molar-refractivity contribution is 0.00639. The number of ether oxygens (including phenoxy) is 2. The number of pyridine rings is 1. The van der Waals surface area contributed by atoms with E-state index in [1.165, 1.54) is 34.5 Å². The van der Waals surface area contributed by atoms with Gasteiger partial charge in [0.25, 0.3) is 0 Å². The maximum absolute atomic E-state index is 13.5. The molecule has 7 heteroatoms. The van der Waals surface area contributed by atoms with Gasteiger partial charge in [0.15, 0.2) is 0 Å². The maximum atomic E-state index is 13.5. The normalized spacial score (nSPS) is 26.8. The average molecular weight is 505 g/mol. The van der Waals surface area contributed by atoms with Gasteiger partial charge in [-0.3, -0.25) is 14.8 Å². The van der Waals surface area contributed by atoms with Crippen molar-refractivity contribution in [2.24, 2.45) is 5.92 Å². The van der Waals surface area contributed by atoms with Crippen LogP contribution >= 0.6 is 0 Å². The number of anilines is 1. The molecule has 4 heterocycles. The predicted molar refractivity (Wildman–Crippen MR) is 143 cm³/mol. The minimum absolute atomic E-state index is 0.0169. The van der Waals surface area contributed by atoms with Gasteiger partial charge in [0.2, 0.25) is 0 Å². The van der Waals surface area contributed by atoms with E-state index >= 15 is 0 Å². The highest BCUT2D eigenvalue weighted by atomic mass is 16.6. The first kappa shape index (κ1) is 24.7. The van der Waals surface area contributed by atoms with Crippen molar-refractivity contribution in [3.05, 3.63) is 58.9 Å². The molecule has 0 spiro atoms. The fraction of sp³-hybridized carbons (Fsp3) is 0.600. The number of aromatic nitrogens is 1. The Morgan fingerprint density at radius 1 is 1.22 bits per heavy atom. The summed E-state index contributed by atoms with van der Waals surface area (Å²) in [5, 5.41) is 0. The second kappa shape index (κ2) is 9.59. The van der Waals surface area contributed by atoms with Gasteiger partial charge >= 0.3 is 6.09 Å². The van der Waals surface area contributed by atoms with Crippen LogP contribution < -0.4 is 4.90 Å². The van der Waals surface area contributed by atoms with Crippen molar-refractivity contribution in [3.63, 3.8) is 0 Å². The van der Waals surface area contributed by atoms with E-state index in [1.54, 1.807) is 0 Å². The summed E-state index contributed by atoms with van der Waals surface area (Å²) >= 11 is 0. The summed E-state index contributed by atoms with van der Waals surface area (Å²) in [6.45, 7) is 9.10. The number of nitrogens with zero attached hydrogens (tertiary/aromatic N) is 4. The molecule has 0 unspecified atom stereocenters. The molecule has 37 heavy (non-hydrogen) atoms. The highest BCUT2D eigenvalue weighted by Crippen LogP contribution is 2.41. The van der Waals surface area contributed by atoms with Crippen LogP contribution in [0.1, 0.15) is 68.5 Å². The van der Waals surface area contributed by atoms with Gasteiger partial charge in [0.1, 0.15) is 11.8 Å². The first-order valence-electron chi connectivity index (χ1n) is 13.9. The Bertz CT molecular complexity index is 1160. The zero-order chi connectivity index (χ0) is 25.7. The zero-order valence-electron chi connectivity index (χ0n) is 22.7. The van der Waals surface area contributed by atoms with Gasteiger partial charge in [-0.15, -0.1) is 0 Å². The first-order chi connectivity index (χ1) is 17.8. The maximum Gasteiger partial charge on any atom is 0.410 e. The monoisotopic (exact) mass is 504 g/mol. The van der Waals surface area contributed by atoms with Crippen LogP contribution in [-0.2, 0) is 28.9 Å². The van der Waals surface area contributed by atoms with Crippen LogP contribution in [0.4, 0.5) is 10.5 Å². The van der Waals surface area contributed by atoms with Crippen LogP contribution in [0.5, 0.6) is 0 Å². The van der Waals surface area contributed by atoms with E-state index in [2.05, 4.69) is 41.1 Å². The van der Waals surface area contributed by atoms with E-state index in [0.717, 1.165) is 45.4 Å². The van der Waals surface area contributed by atoms with E-state index in [-0.39, 0.29) is 24.4 Å². The Hall–Kier alpha value is -2.64. The van der Waals surface area contributed by atoms with E-state index in [9.17, 15) is 4.79 Å². The van der Waals surface area contributed by atoms with Gasteiger partial charge in [-0.2, -0.15) is 0 Å². The van der Waals surface area contributed by atoms with E-state index in [1.807, 2.05) is 37.9 Å². The molecule has 3 aliphatic heterocycles. The molecule has 4 atom stereocenters. The van der Waals surface area contributed by atoms with Crippen molar-refractivity contribution in [3.8, 4) is 0 Å². The quantitative estimate of drug-likeness (QED) is 0.588. The number of benzene rings is 1. The number of carbonyl (C=O) groups excluding carboxylic acids is 1. The Kier molecular flexibility index (Phi) is 6.40. The second-order valence-corrected chi connectivity index (χ2v) is 12.3. The van der Waals surface area contributed by atoms with Crippen LogP contribution in [0.15, 0.2) is 36.5 Å². The molecule has 0 saturated carbocycles. The largest absolute Gasteiger partial charge is 0.444 e. The molecule has 2 bridgehead atoms. The van der Waals surface area contributed by atoms with E-state index in [4.69, 9.17) is 14.5 Å². The smallest absolute Gasteiger partial charge is 0.410 e. The summed E-state index contributed by atoms with van der Waals surface area (Å²) in [6.07, 6.45) is 7.15. The first-order valence-corrected chi connectivity index (χ1v) is 13.9. The van der Waals surface area contributed by atoms with Crippen LogP contribution in [0.3, 0.4) is 0 Å². The van der Waals surface area contributed by atoms with Crippen molar-refractivity contribution in [1.29, 1.82) is 0 Å². The third-order valence-electron chi connectivity index (χ3n) is 8.46. The fourth-order valence-electron chi connectivity index (χ4n) is 6.77. The molecule has 1 aliphatic carbocycles. The summed E-state index contributed by atoms with van der Waals surface area (Å²) in [5.41, 5.74) is 5.88. The molecule has 6 rings (SSSR count). The lowest BCUT2D eigenvalue weighted by atomic mass is 9.89. The Balaban J connectivity index is 1.30. The number of amides is 1. The van der Waals surface area contributed by atoms with Gasteiger partial charge in [0.05, 0.1) is 24.4 Å². The highest BCUT2D eigenvalue weighted by molar-refractivity contribution is 5.70. The molecule has 1 aromatic heterocycles. The predicted octanol–water partition coefficient (Wildman–Crippen LogP) is 4.94. The van der Waals surface area contributed by atoms with Gasteiger partial charge in [-0.1, -0.05) is 18.2 Å². The molecule has 2 fully saturated rings. The number of likely N-dealkylation sites (N-methyl/N-ethyl adjacent to an activating group) is 1. The summed E-state index contributed by atoms with van der Waals surface area (Å²) in [7, 11) is 2.19. The van der Waals surface area contributed by atoms with Crippen molar-refractivity contribution < 1.29 is 14.3 Å². The van der Waals surface area contributed by atoms with Crippen molar-refractivity contribution in [2.45, 2.75) is 83.3 Å². The minimum Gasteiger partial charge on any atom is -0.444 e. The minimum atomic E-state index is -0.534. The molecule has 7 nitrogen and oxygen atoms in total. The molecule has 198 valence electrons. The fourth-order valence-corrected chi connectivity index (χ4v) is 6.77. The summed E-state index contributed by atoms with van der Waals surface area (Å²) in [4.78, 5) is 25.1. The zero-order valence-corrected chi connectivity index (χ0v) is 22.7. The number of fused-ring (bicyclic) bond motifs is 4. The summed E-state index contributed by atoms with van der Waals surface area (Å²) < 4.78 is 12.0. The van der Waals surface area contributed by atoms with Gasteiger partial charge in [-0.25, -0.2) is 4.79 Å². The van der Waals surface area contributed by atoms with Gasteiger partial charge in [0, 0.05) is 37.4 Å². The van der Waals surface area contributed by atoms with Crippen molar-refractivity contribution in [2.75, 3.05) is 31.6 Å². The number of aryl methyl sites for hydroxylation is 1. The second-order valence-electron chi connectivity index (χ2n) is 12.3. The summed E-state index contributed by atoms with van der Waals surface area (Å²) in [6, 6.07) is 11.1. The third kappa shape index (κ3) is 4.84. The van der Waals surface area contributed by atoms with Gasteiger partial charge < -0.3 is 14.4 Å². The topological polar surface area (TPSA) is 58.1 Å². The highest BCUT2D eigenvalue weighted by Gasteiger charge is 2.42. The lowest BCUT2D eigenvalue weighted by Crippen LogP contribution is -2.51. The van der Waals surface area contributed by atoms with Crippen LogP contribution in [-0.4, -0.2) is 65.5 Å². The summed E-state index contributed by atoms with van der Waals surface area (Å²) in [5.74, 6) is 0.628. The standard InChI is InChI=1S/C30H40N4O3/c1-30(2,3)37-29(35)33-17-22-9-6-11-25(34-16-20-14-27(34)36-19-20)24(22)15-23(33)18-32(4)26-12-5-8-21-10-7-13-31-28(21)26/h6-7,9-11,13,20,23,26-27H,5,8,12,14-19H2,1-4H3/t20-,23-,26+,27+/m1/s1. The number of hydrogen-bond donors (Lipinski definition) is 0. The van der Waals surface area contributed by atoms with Crippen LogP contribution in [0, 0.1) is 5.92 Å². The van der Waals surface area contributed by atoms with E-state index < -0.39 is 5.60 Å². The Morgan fingerprint density at radius 3 is 2.81 bits per heavy atom. The molecule has 2 aromatic rings. The number of hydrogen-bond acceptors (Lipinski definition) is 6. The van der Waals surface area contributed by atoms with Gasteiger partial charge in [-0.05, 0) is 88.7 Å². The molecular weight excluding hydrogens is 464 g/mol. The molecule has 0 radical (unpaired) electrons. The molecule has 4 aliphatic rings. The Labute approximate surface area is 220 Å². The van der Waals surface area contributed by atoms with Crippen molar-refractivity contribution in [1.82, 2.24) is 14.8 Å².